The standard InChI is InChI=1S/C10H13FN2O2/c1-12-4-5-13-10(15)8-3-2-7(14)6-9(8)11/h2-3,6,12,14H,4-5H2,1H3,(H,13,15). The molecule has 0 saturated heterocycles. The molecule has 1 aromatic carbocycles. The molecule has 82 valence electrons. The van der Waals surface area contributed by atoms with Gasteiger partial charge < -0.3 is 15.7 Å². The average molecular weight is 212 g/mol. The minimum Gasteiger partial charge on any atom is -0.508 e. The number of carbonyl (C=O) groups is 1. The van der Waals surface area contributed by atoms with Gasteiger partial charge in [-0.1, -0.05) is 0 Å². The first-order valence-corrected chi connectivity index (χ1v) is 4.56. The van der Waals surface area contributed by atoms with Crippen molar-refractivity contribution >= 4 is 5.91 Å². The molecule has 0 spiro atoms. The van der Waals surface area contributed by atoms with E-state index in [1.54, 1.807) is 7.05 Å². The van der Waals surface area contributed by atoms with Gasteiger partial charge in [0.2, 0.25) is 0 Å². The summed E-state index contributed by atoms with van der Waals surface area (Å²) in [4.78, 5) is 11.4. The molecule has 0 unspecified atom stereocenters. The second-order valence-electron chi connectivity index (χ2n) is 3.02. The van der Waals surface area contributed by atoms with E-state index in [1.807, 2.05) is 0 Å². The SMILES string of the molecule is CNCCNC(=O)c1ccc(O)cc1F. The maximum absolute atomic E-state index is 13.2. The number of phenolic OH excluding ortho intramolecular Hbond substituents is 1. The molecule has 0 heterocycles. The average Bonchev–Trinajstić information content (AvgIpc) is 2.17. The van der Waals surface area contributed by atoms with E-state index in [4.69, 9.17) is 5.11 Å². The maximum atomic E-state index is 13.2. The lowest BCUT2D eigenvalue weighted by atomic mass is 10.2. The number of halogens is 1. The van der Waals surface area contributed by atoms with Crippen LogP contribution in [0.15, 0.2) is 18.2 Å². The molecule has 0 atom stereocenters. The van der Waals surface area contributed by atoms with Crippen LogP contribution in [-0.2, 0) is 0 Å². The summed E-state index contributed by atoms with van der Waals surface area (Å²) in [7, 11) is 1.76. The lowest BCUT2D eigenvalue weighted by Crippen LogP contribution is -2.30. The minimum absolute atomic E-state index is 0.0658. The molecular formula is C10H13FN2O2. The van der Waals surface area contributed by atoms with Gasteiger partial charge >= 0.3 is 0 Å². The third-order valence-corrected chi connectivity index (χ3v) is 1.86. The largest absolute Gasteiger partial charge is 0.508 e. The van der Waals surface area contributed by atoms with Gasteiger partial charge in [0.25, 0.3) is 5.91 Å². The molecule has 0 bridgehead atoms. The zero-order valence-electron chi connectivity index (χ0n) is 8.38. The highest BCUT2D eigenvalue weighted by atomic mass is 19.1. The molecular weight excluding hydrogens is 199 g/mol. The molecule has 1 aromatic rings. The number of phenols is 1. The summed E-state index contributed by atoms with van der Waals surface area (Å²) >= 11 is 0. The third kappa shape index (κ3) is 3.21. The van der Waals surface area contributed by atoms with Crippen molar-refractivity contribution < 1.29 is 14.3 Å². The Morgan fingerprint density at radius 3 is 2.80 bits per heavy atom. The first-order valence-electron chi connectivity index (χ1n) is 4.56. The van der Waals surface area contributed by atoms with Crippen LogP contribution in [0.5, 0.6) is 5.75 Å². The fourth-order valence-electron chi connectivity index (χ4n) is 1.08. The Morgan fingerprint density at radius 1 is 1.47 bits per heavy atom. The Morgan fingerprint density at radius 2 is 2.20 bits per heavy atom. The summed E-state index contributed by atoms with van der Waals surface area (Å²) < 4.78 is 13.2. The van der Waals surface area contributed by atoms with E-state index in [2.05, 4.69) is 10.6 Å². The number of nitrogens with one attached hydrogen (secondary N) is 2. The summed E-state index contributed by atoms with van der Waals surface area (Å²) in [6.07, 6.45) is 0. The number of hydrogen-bond acceptors (Lipinski definition) is 3. The fraction of sp³-hybridized carbons (Fsp3) is 0.300. The summed E-state index contributed by atoms with van der Waals surface area (Å²) in [5.41, 5.74) is -0.0658. The number of rotatable bonds is 4. The van der Waals surface area contributed by atoms with Crippen molar-refractivity contribution in [3.8, 4) is 5.75 Å². The molecule has 15 heavy (non-hydrogen) atoms. The van der Waals surface area contributed by atoms with Crippen molar-refractivity contribution in [3.63, 3.8) is 0 Å². The van der Waals surface area contributed by atoms with Gasteiger partial charge in [0.1, 0.15) is 11.6 Å². The summed E-state index contributed by atoms with van der Waals surface area (Å²) in [6, 6.07) is 3.43. The van der Waals surface area contributed by atoms with Gasteiger partial charge in [-0.3, -0.25) is 4.79 Å². The number of likely N-dealkylation sites (N-methyl/N-ethyl adjacent to an activating group) is 1. The summed E-state index contributed by atoms with van der Waals surface area (Å²) in [5, 5.41) is 14.3. The number of aromatic hydroxyl groups is 1. The van der Waals surface area contributed by atoms with Gasteiger partial charge in [-0.15, -0.1) is 0 Å². The predicted molar refractivity (Wildman–Crippen MR) is 54.3 cm³/mol. The van der Waals surface area contributed by atoms with Crippen LogP contribution in [0, 0.1) is 5.82 Å². The molecule has 0 aliphatic carbocycles. The number of carbonyl (C=O) groups excluding carboxylic acids is 1. The van der Waals surface area contributed by atoms with Gasteiger partial charge in [0.05, 0.1) is 5.56 Å². The van der Waals surface area contributed by atoms with Crippen molar-refractivity contribution in [3.05, 3.63) is 29.6 Å². The van der Waals surface area contributed by atoms with Crippen molar-refractivity contribution in [2.75, 3.05) is 20.1 Å². The second kappa shape index (κ2) is 5.31. The van der Waals surface area contributed by atoms with Gasteiger partial charge in [-0.2, -0.15) is 0 Å². The van der Waals surface area contributed by atoms with E-state index < -0.39 is 11.7 Å². The third-order valence-electron chi connectivity index (χ3n) is 1.86. The number of benzene rings is 1. The molecule has 0 radical (unpaired) electrons. The number of amides is 1. The summed E-state index contributed by atoms with van der Waals surface area (Å²) in [5.74, 6) is -1.40. The van der Waals surface area contributed by atoms with Crippen LogP contribution in [0.25, 0.3) is 0 Å². The summed E-state index contributed by atoms with van der Waals surface area (Å²) in [6.45, 7) is 1.04. The highest BCUT2D eigenvalue weighted by Crippen LogP contribution is 2.14. The van der Waals surface area contributed by atoms with Gasteiger partial charge in [0, 0.05) is 19.2 Å². The fourth-order valence-corrected chi connectivity index (χ4v) is 1.08. The monoisotopic (exact) mass is 212 g/mol. The second-order valence-corrected chi connectivity index (χ2v) is 3.02. The van der Waals surface area contributed by atoms with E-state index in [1.165, 1.54) is 12.1 Å². The van der Waals surface area contributed by atoms with Crippen LogP contribution < -0.4 is 10.6 Å². The highest BCUT2D eigenvalue weighted by molar-refractivity contribution is 5.94. The van der Waals surface area contributed by atoms with E-state index in [-0.39, 0.29) is 11.3 Å². The smallest absolute Gasteiger partial charge is 0.254 e. The Balaban J connectivity index is 2.65. The quantitative estimate of drug-likeness (QED) is 0.636. The van der Waals surface area contributed by atoms with Crippen LogP contribution >= 0.6 is 0 Å². The maximum Gasteiger partial charge on any atom is 0.254 e. The van der Waals surface area contributed by atoms with E-state index >= 15 is 0 Å². The lowest BCUT2D eigenvalue weighted by Gasteiger charge is -2.05. The first kappa shape index (κ1) is 11.5. The van der Waals surface area contributed by atoms with Gasteiger partial charge in [0.15, 0.2) is 0 Å². The Bertz CT molecular complexity index is 355. The molecule has 0 fully saturated rings. The normalized spacial score (nSPS) is 10.0. The molecule has 1 rings (SSSR count). The molecule has 0 aromatic heterocycles. The van der Waals surface area contributed by atoms with Crippen LogP contribution in [0.4, 0.5) is 4.39 Å². The number of hydrogen-bond donors (Lipinski definition) is 3. The molecule has 5 heteroatoms. The zero-order chi connectivity index (χ0) is 11.3. The molecule has 0 aliphatic rings. The molecule has 3 N–H and O–H groups in total. The van der Waals surface area contributed by atoms with E-state index in [0.29, 0.717) is 13.1 Å². The Labute approximate surface area is 87.1 Å². The molecule has 0 saturated carbocycles. The minimum atomic E-state index is -0.725. The van der Waals surface area contributed by atoms with Crippen LogP contribution in [0.3, 0.4) is 0 Å². The van der Waals surface area contributed by atoms with Gasteiger partial charge in [-0.05, 0) is 19.2 Å². The first-order chi connectivity index (χ1) is 7.15. The molecule has 1 amide bonds. The van der Waals surface area contributed by atoms with Crippen molar-refractivity contribution in [2.45, 2.75) is 0 Å². The van der Waals surface area contributed by atoms with E-state index in [9.17, 15) is 9.18 Å². The highest BCUT2D eigenvalue weighted by Gasteiger charge is 2.10. The van der Waals surface area contributed by atoms with Crippen molar-refractivity contribution in [1.29, 1.82) is 0 Å². The van der Waals surface area contributed by atoms with Gasteiger partial charge in [-0.25, -0.2) is 4.39 Å². The topological polar surface area (TPSA) is 61.4 Å². The molecule has 0 aliphatic heterocycles. The van der Waals surface area contributed by atoms with Crippen molar-refractivity contribution in [2.24, 2.45) is 0 Å². The molecule has 4 nitrogen and oxygen atoms in total. The van der Waals surface area contributed by atoms with Crippen LogP contribution in [0.1, 0.15) is 10.4 Å². The van der Waals surface area contributed by atoms with Crippen molar-refractivity contribution in [1.82, 2.24) is 10.6 Å². The van der Waals surface area contributed by atoms with E-state index in [0.717, 1.165) is 6.07 Å². The zero-order valence-corrected chi connectivity index (χ0v) is 8.38. The predicted octanol–water partition coefficient (Wildman–Crippen LogP) is 0.480. The van der Waals surface area contributed by atoms with Crippen LogP contribution in [0.2, 0.25) is 0 Å². The Hall–Kier alpha value is -1.62. The lowest BCUT2D eigenvalue weighted by molar-refractivity contribution is 0.0950. The Kier molecular flexibility index (Phi) is 4.05. The van der Waals surface area contributed by atoms with Crippen LogP contribution in [-0.4, -0.2) is 31.2 Å².